The molecule has 0 spiro atoms. The maximum atomic E-state index is 13.0. The number of methoxy groups -OCH3 is 1. The Labute approximate surface area is 186 Å². The largest absolute Gasteiger partial charge is 0.497 e. The quantitative estimate of drug-likeness (QED) is 0.413. The Morgan fingerprint density at radius 3 is 2.53 bits per heavy atom. The molecular formula is C23H18F3N3O2S. The molecule has 0 saturated carbocycles. The zero-order chi connectivity index (χ0) is 22.7. The normalized spacial score (nSPS) is 11.4. The summed E-state index contributed by atoms with van der Waals surface area (Å²) in [5.74, 6) is 0.212. The lowest BCUT2D eigenvalue weighted by atomic mass is 10.1. The molecule has 1 amide bonds. The fourth-order valence-corrected chi connectivity index (χ4v) is 3.82. The van der Waals surface area contributed by atoms with E-state index in [1.165, 1.54) is 28.2 Å². The minimum Gasteiger partial charge on any atom is -0.497 e. The Kier molecular flexibility index (Phi) is 6.00. The molecule has 0 aliphatic heterocycles. The first-order valence-electron chi connectivity index (χ1n) is 9.58. The summed E-state index contributed by atoms with van der Waals surface area (Å²) in [6.07, 6.45) is -4.44. The molecule has 2 heterocycles. The summed E-state index contributed by atoms with van der Waals surface area (Å²) in [5, 5.41) is 9.19. The number of nitrogens with one attached hydrogen (secondary N) is 1. The van der Waals surface area contributed by atoms with Crippen molar-refractivity contribution in [2.45, 2.75) is 12.7 Å². The van der Waals surface area contributed by atoms with Crippen molar-refractivity contribution in [3.63, 3.8) is 0 Å². The molecule has 32 heavy (non-hydrogen) atoms. The average molecular weight is 457 g/mol. The van der Waals surface area contributed by atoms with Gasteiger partial charge in [0.2, 0.25) is 0 Å². The Morgan fingerprint density at radius 2 is 1.88 bits per heavy atom. The first kappa shape index (κ1) is 21.6. The van der Waals surface area contributed by atoms with Crippen LogP contribution < -0.4 is 10.1 Å². The van der Waals surface area contributed by atoms with Crippen LogP contribution in [0.4, 0.5) is 13.2 Å². The number of carbonyl (C=O) groups excluding carboxylic acids is 1. The van der Waals surface area contributed by atoms with E-state index >= 15 is 0 Å². The van der Waals surface area contributed by atoms with E-state index in [2.05, 4.69) is 10.4 Å². The van der Waals surface area contributed by atoms with E-state index in [0.717, 1.165) is 17.0 Å². The van der Waals surface area contributed by atoms with Gasteiger partial charge < -0.3 is 10.1 Å². The van der Waals surface area contributed by atoms with Gasteiger partial charge in [0.05, 0.1) is 23.2 Å². The van der Waals surface area contributed by atoms with Gasteiger partial charge >= 0.3 is 6.18 Å². The number of benzene rings is 2. The summed E-state index contributed by atoms with van der Waals surface area (Å²) >= 11 is 1.49. The van der Waals surface area contributed by atoms with Gasteiger partial charge in [0.15, 0.2) is 0 Å². The van der Waals surface area contributed by atoms with Crippen molar-refractivity contribution in [1.29, 1.82) is 0 Å². The van der Waals surface area contributed by atoms with Crippen LogP contribution in [0.25, 0.3) is 16.3 Å². The van der Waals surface area contributed by atoms with Gasteiger partial charge in [-0.15, -0.1) is 11.3 Å². The van der Waals surface area contributed by atoms with Crippen LogP contribution in [0.5, 0.6) is 5.75 Å². The third-order valence-electron chi connectivity index (χ3n) is 4.74. The van der Waals surface area contributed by atoms with Gasteiger partial charge in [-0.2, -0.15) is 18.3 Å². The van der Waals surface area contributed by atoms with E-state index in [1.807, 2.05) is 17.5 Å². The fourth-order valence-electron chi connectivity index (χ4n) is 3.14. The van der Waals surface area contributed by atoms with Crippen molar-refractivity contribution in [1.82, 2.24) is 15.1 Å². The predicted octanol–water partition coefficient (Wildman–Crippen LogP) is 5.56. The molecule has 0 bridgehead atoms. The highest BCUT2D eigenvalue weighted by Gasteiger charge is 2.30. The number of amides is 1. The zero-order valence-corrected chi connectivity index (χ0v) is 17.7. The molecule has 5 nitrogen and oxygen atoms in total. The second-order valence-corrected chi connectivity index (χ2v) is 7.83. The Hall–Kier alpha value is -3.59. The Bertz CT molecular complexity index is 1220. The summed E-state index contributed by atoms with van der Waals surface area (Å²) < 4.78 is 45.6. The molecule has 2 aromatic carbocycles. The standard InChI is InChI=1S/C23H18F3N3O2S/c1-31-18-9-7-17(8-10-18)29-20(13-19(28-29)21-6-3-11-32-21)22(30)27-14-15-4-2-5-16(12-15)23(24,25)26/h2-13H,14H2,1H3,(H,27,30). The summed E-state index contributed by atoms with van der Waals surface area (Å²) in [4.78, 5) is 13.9. The first-order valence-corrected chi connectivity index (χ1v) is 10.5. The molecule has 0 saturated heterocycles. The lowest BCUT2D eigenvalue weighted by Crippen LogP contribution is -2.25. The predicted molar refractivity (Wildman–Crippen MR) is 116 cm³/mol. The summed E-state index contributed by atoms with van der Waals surface area (Å²) in [5.41, 5.74) is 1.14. The molecule has 0 aliphatic carbocycles. The third kappa shape index (κ3) is 4.67. The van der Waals surface area contributed by atoms with Gasteiger partial charge in [-0.3, -0.25) is 4.79 Å². The minimum absolute atomic E-state index is 0.0507. The van der Waals surface area contributed by atoms with Crippen molar-refractivity contribution in [2.75, 3.05) is 7.11 Å². The molecule has 4 rings (SSSR count). The molecule has 2 aromatic heterocycles. The van der Waals surface area contributed by atoms with E-state index in [4.69, 9.17) is 4.74 Å². The van der Waals surface area contributed by atoms with Gasteiger partial charge in [0, 0.05) is 6.54 Å². The second-order valence-electron chi connectivity index (χ2n) is 6.88. The number of aromatic nitrogens is 2. The second kappa shape index (κ2) is 8.88. The van der Waals surface area contributed by atoms with Gasteiger partial charge in [0.25, 0.3) is 5.91 Å². The highest BCUT2D eigenvalue weighted by molar-refractivity contribution is 7.13. The smallest absolute Gasteiger partial charge is 0.416 e. The van der Waals surface area contributed by atoms with Crippen molar-refractivity contribution in [3.05, 3.63) is 88.9 Å². The molecular weight excluding hydrogens is 439 g/mol. The number of rotatable bonds is 6. The lowest BCUT2D eigenvalue weighted by Gasteiger charge is -2.11. The van der Waals surface area contributed by atoms with Crippen LogP contribution in [-0.4, -0.2) is 22.8 Å². The van der Waals surface area contributed by atoms with E-state index < -0.39 is 17.6 Å². The molecule has 0 atom stereocenters. The van der Waals surface area contributed by atoms with Crippen molar-refractivity contribution >= 4 is 17.2 Å². The van der Waals surface area contributed by atoms with Crippen molar-refractivity contribution in [2.24, 2.45) is 0 Å². The Morgan fingerprint density at radius 1 is 1.09 bits per heavy atom. The molecule has 0 radical (unpaired) electrons. The third-order valence-corrected chi connectivity index (χ3v) is 5.63. The van der Waals surface area contributed by atoms with Crippen LogP contribution in [0, 0.1) is 0 Å². The molecule has 9 heteroatoms. The minimum atomic E-state index is -4.44. The van der Waals surface area contributed by atoms with E-state index in [1.54, 1.807) is 37.4 Å². The maximum Gasteiger partial charge on any atom is 0.416 e. The number of carbonyl (C=O) groups is 1. The molecule has 0 unspecified atom stereocenters. The highest BCUT2D eigenvalue weighted by atomic mass is 32.1. The SMILES string of the molecule is COc1ccc(-n2nc(-c3cccs3)cc2C(=O)NCc2cccc(C(F)(F)F)c2)cc1. The zero-order valence-electron chi connectivity index (χ0n) is 16.9. The van der Waals surface area contributed by atoms with Crippen LogP contribution in [0.2, 0.25) is 0 Å². The average Bonchev–Trinajstić information content (AvgIpc) is 3.47. The number of halogens is 3. The van der Waals surface area contributed by atoms with Crippen LogP contribution in [-0.2, 0) is 12.7 Å². The van der Waals surface area contributed by atoms with Crippen LogP contribution >= 0.6 is 11.3 Å². The molecule has 0 aliphatic rings. The monoisotopic (exact) mass is 457 g/mol. The number of alkyl halides is 3. The first-order chi connectivity index (χ1) is 15.3. The number of thiophene rings is 1. The number of nitrogens with zero attached hydrogens (tertiary/aromatic N) is 2. The van der Waals surface area contributed by atoms with E-state index in [-0.39, 0.29) is 12.2 Å². The highest BCUT2D eigenvalue weighted by Crippen LogP contribution is 2.30. The summed E-state index contributed by atoms with van der Waals surface area (Å²) in [7, 11) is 1.56. The molecule has 164 valence electrons. The van der Waals surface area contributed by atoms with Crippen molar-refractivity contribution in [3.8, 4) is 22.0 Å². The maximum absolute atomic E-state index is 13.0. The number of hydrogen-bond acceptors (Lipinski definition) is 4. The summed E-state index contributed by atoms with van der Waals surface area (Å²) in [6, 6.07) is 17.4. The van der Waals surface area contributed by atoms with Gasteiger partial charge in [-0.05, 0) is 59.5 Å². The molecule has 1 N–H and O–H groups in total. The molecule has 4 aromatic rings. The summed E-state index contributed by atoms with van der Waals surface area (Å²) in [6.45, 7) is -0.0507. The Balaban J connectivity index is 1.62. The van der Waals surface area contributed by atoms with Crippen LogP contribution in [0.1, 0.15) is 21.6 Å². The van der Waals surface area contributed by atoms with E-state index in [0.29, 0.717) is 22.7 Å². The van der Waals surface area contributed by atoms with Crippen LogP contribution in [0.3, 0.4) is 0 Å². The lowest BCUT2D eigenvalue weighted by molar-refractivity contribution is -0.137. The van der Waals surface area contributed by atoms with Gasteiger partial charge in [-0.25, -0.2) is 4.68 Å². The van der Waals surface area contributed by atoms with Gasteiger partial charge in [-0.1, -0.05) is 18.2 Å². The van der Waals surface area contributed by atoms with Crippen LogP contribution in [0.15, 0.2) is 72.1 Å². The number of ether oxygens (including phenoxy) is 1. The molecule has 0 fully saturated rings. The number of hydrogen-bond donors (Lipinski definition) is 1. The topological polar surface area (TPSA) is 56.2 Å². The fraction of sp³-hybridized carbons (Fsp3) is 0.130. The van der Waals surface area contributed by atoms with Gasteiger partial charge in [0.1, 0.15) is 17.1 Å². The van der Waals surface area contributed by atoms with Crippen molar-refractivity contribution < 1.29 is 22.7 Å². The van der Waals surface area contributed by atoms with E-state index in [9.17, 15) is 18.0 Å².